The number of fused-ring (bicyclic) bond motifs is 1. The van der Waals surface area contributed by atoms with Crippen molar-refractivity contribution in [3.63, 3.8) is 0 Å². The second-order valence-electron chi connectivity index (χ2n) is 6.37. The predicted octanol–water partition coefficient (Wildman–Crippen LogP) is 3.33. The Morgan fingerprint density at radius 1 is 1.17 bits per heavy atom. The monoisotopic (exact) mass is 325 g/mol. The fraction of sp³-hybridized carbons (Fsp3) is 0.294. The van der Waals surface area contributed by atoms with E-state index >= 15 is 0 Å². The minimum absolute atomic E-state index is 0.172. The quantitative estimate of drug-likeness (QED) is 0.798. The standard InChI is InChI=1S/C17H19N5O2/c1-17(2,3)22-11-20-13-14(18-10-19-15(13)22)21-16(23)24-9-12-7-5-4-6-8-12/h4-8,10-11H,9H2,1-3H3,(H,18,19,21,23). The zero-order chi connectivity index (χ0) is 17.2. The molecule has 0 saturated carbocycles. The summed E-state index contributed by atoms with van der Waals surface area (Å²) in [6, 6.07) is 9.47. The highest BCUT2D eigenvalue weighted by Crippen LogP contribution is 2.23. The first-order valence-corrected chi connectivity index (χ1v) is 7.61. The van der Waals surface area contributed by atoms with Crippen LogP contribution in [0.15, 0.2) is 43.0 Å². The van der Waals surface area contributed by atoms with Gasteiger partial charge in [-0.2, -0.15) is 0 Å². The van der Waals surface area contributed by atoms with Crippen LogP contribution in [-0.2, 0) is 16.9 Å². The van der Waals surface area contributed by atoms with Gasteiger partial charge in [0.05, 0.1) is 6.33 Å². The predicted molar refractivity (Wildman–Crippen MR) is 90.6 cm³/mol. The molecular formula is C17H19N5O2. The van der Waals surface area contributed by atoms with Crippen molar-refractivity contribution in [2.45, 2.75) is 32.9 Å². The minimum Gasteiger partial charge on any atom is -0.444 e. The molecule has 0 fully saturated rings. The fourth-order valence-corrected chi connectivity index (χ4v) is 2.27. The van der Waals surface area contributed by atoms with E-state index < -0.39 is 6.09 Å². The lowest BCUT2D eigenvalue weighted by molar-refractivity contribution is 0.155. The van der Waals surface area contributed by atoms with Crippen LogP contribution in [0.5, 0.6) is 0 Å². The summed E-state index contributed by atoms with van der Waals surface area (Å²) in [7, 11) is 0. The molecule has 7 heteroatoms. The molecule has 0 aliphatic carbocycles. The maximum absolute atomic E-state index is 12.0. The number of nitrogens with one attached hydrogen (secondary N) is 1. The van der Waals surface area contributed by atoms with Crippen LogP contribution in [0, 0.1) is 0 Å². The van der Waals surface area contributed by atoms with E-state index in [-0.39, 0.29) is 12.1 Å². The third-order valence-corrected chi connectivity index (χ3v) is 3.49. The van der Waals surface area contributed by atoms with E-state index in [4.69, 9.17) is 4.74 Å². The van der Waals surface area contributed by atoms with Gasteiger partial charge in [0.15, 0.2) is 17.0 Å². The van der Waals surface area contributed by atoms with Crippen molar-refractivity contribution in [3.05, 3.63) is 48.5 Å². The van der Waals surface area contributed by atoms with E-state index in [1.54, 1.807) is 6.33 Å². The third kappa shape index (κ3) is 3.34. The molecule has 1 amide bonds. The first-order valence-electron chi connectivity index (χ1n) is 7.61. The minimum atomic E-state index is -0.579. The average molecular weight is 325 g/mol. The Kier molecular flexibility index (Phi) is 4.16. The topological polar surface area (TPSA) is 81.9 Å². The Balaban J connectivity index is 1.75. The van der Waals surface area contributed by atoms with Gasteiger partial charge in [-0.3, -0.25) is 5.32 Å². The van der Waals surface area contributed by atoms with Gasteiger partial charge in [-0.25, -0.2) is 19.7 Å². The van der Waals surface area contributed by atoms with E-state index in [2.05, 4.69) is 41.0 Å². The molecule has 0 radical (unpaired) electrons. The zero-order valence-electron chi connectivity index (χ0n) is 13.9. The largest absolute Gasteiger partial charge is 0.444 e. The number of ether oxygens (including phenoxy) is 1. The van der Waals surface area contributed by atoms with Crippen molar-refractivity contribution >= 4 is 23.1 Å². The van der Waals surface area contributed by atoms with E-state index in [0.29, 0.717) is 17.0 Å². The molecule has 0 bridgehead atoms. The summed E-state index contributed by atoms with van der Waals surface area (Å²) in [5, 5.41) is 2.63. The SMILES string of the molecule is CC(C)(C)n1cnc2c(NC(=O)OCc3ccccc3)ncnc21. The van der Waals surface area contributed by atoms with E-state index in [9.17, 15) is 4.79 Å². The van der Waals surface area contributed by atoms with E-state index in [1.807, 2.05) is 34.9 Å². The average Bonchev–Trinajstić information content (AvgIpc) is 2.99. The number of rotatable bonds is 3. The molecule has 1 aromatic carbocycles. The summed E-state index contributed by atoms with van der Waals surface area (Å²) >= 11 is 0. The first kappa shape index (κ1) is 15.9. The molecule has 2 heterocycles. The van der Waals surface area contributed by atoms with Gasteiger partial charge in [0.1, 0.15) is 12.9 Å². The lowest BCUT2D eigenvalue weighted by Crippen LogP contribution is -2.21. The zero-order valence-corrected chi connectivity index (χ0v) is 13.9. The van der Waals surface area contributed by atoms with Crippen molar-refractivity contribution in [3.8, 4) is 0 Å². The van der Waals surface area contributed by atoms with Crippen LogP contribution in [0.3, 0.4) is 0 Å². The number of anilines is 1. The molecule has 0 unspecified atom stereocenters. The number of hydrogen-bond acceptors (Lipinski definition) is 5. The smallest absolute Gasteiger partial charge is 0.413 e. The van der Waals surface area contributed by atoms with Gasteiger partial charge in [-0.15, -0.1) is 0 Å². The van der Waals surface area contributed by atoms with Crippen LogP contribution in [-0.4, -0.2) is 25.6 Å². The lowest BCUT2D eigenvalue weighted by Gasteiger charge is -2.20. The van der Waals surface area contributed by atoms with Crippen molar-refractivity contribution in [2.75, 3.05) is 5.32 Å². The van der Waals surface area contributed by atoms with Gasteiger partial charge in [0, 0.05) is 5.54 Å². The summed E-state index contributed by atoms with van der Waals surface area (Å²) in [4.78, 5) is 24.7. The first-order chi connectivity index (χ1) is 11.4. The second kappa shape index (κ2) is 6.27. The molecule has 3 rings (SSSR count). The fourth-order valence-electron chi connectivity index (χ4n) is 2.27. The molecule has 3 aromatic rings. The highest BCUT2D eigenvalue weighted by molar-refractivity contribution is 5.93. The Hall–Kier alpha value is -2.96. The van der Waals surface area contributed by atoms with Crippen LogP contribution < -0.4 is 5.32 Å². The van der Waals surface area contributed by atoms with Crippen molar-refractivity contribution < 1.29 is 9.53 Å². The van der Waals surface area contributed by atoms with Crippen LogP contribution in [0.4, 0.5) is 10.6 Å². The number of aromatic nitrogens is 4. The van der Waals surface area contributed by atoms with Gasteiger partial charge < -0.3 is 9.30 Å². The molecule has 24 heavy (non-hydrogen) atoms. The van der Waals surface area contributed by atoms with E-state index in [1.165, 1.54) is 6.33 Å². The summed E-state index contributed by atoms with van der Waals surface area (Å²) in [5.41, 5.74) is 1.94. The summed E-state index contributed by atoms with van der Waals surface area (Å²) in [5.74, 6) is 0.334. The molecule has 0 aliphatic rings. The van der Waals surface area contributed by atoms with Gasteiger partial charge in [0.25, 0.3) is 0 Å². The maximum Gasteiger partial charge on any atom is 0.413 e. The van der Waals surface area contributed by atoms with Crippen LogP contribution in [0.25, 0.3) is 11.2 Å². The Morgan fingerprint density at radius 3 is 2.62 bits per heavy atom. The number of amides is 1. The molecule has 1 N–H and O–H groups in total. The maximum atomic E-state index is 12.0. The molecule has 0 spiro atoms. The van der Waals surface area contributed by atoms with Gasteiger partial charge in [0.2, 0.25) is 0 Å². The van der Waals surface area contributed by atoms with Gasteiger partial charge >= 0.3 is 6.09 Å². The van der Waals surface area contributed by atoms with Crippen molar-refractivity contribution in [1.29, 1.82) is 0 Å². The van der Waals surface area contributed by atoms with Crippen LogP contribution in [0.2, 0.25) is 0 Å². The second-order valence-corrected chi connectivity index (χ2v) is 6.37. The number of carbonyl (C=O) groups is 1. The number of benzene rings is 1. The molecule has 0 aliphatic heterocycles. The molecule has 0 atom stereocenters. The normalized spacial score (nSPS) is 11.5. The Labute approximate surface area is 139 Å². The van der Waals surface area contributed by atoms with Crippen molar-refractivity contribution in [1.82, 2.24) is 19.5 Å². The molecular weight excluding hydrogens is 306 g/mol. The molecule has 0 saturated heterocycles. The Morgan fingerprint density at radius 2 is 1.92 bits per heavy atom. The Bertz CT molecular complexity index is 852. The summed E-state index contributed by atoms with van der Waals surface area (Å²) < 4.78 is 7.14. The summed E-state index contributed by atoms with van der Waals surface area (Å²) in [6.45, 7) is 6.35. The molecule has 7 nitrogen and oxygen atoms in total. The van der Waals surface area contributed by atoms with Crippen LogP contribution in [0.1, 0.15) is 26.3 Å². The highest BCUT2D eigenvalue weighted by atomic mass is 16.5. The number of nitrogens with zero attached hydrogens (tertiary/aromatic N) is 4. The highest BCUT2D eigenvalue weighted by Gasteiger charge is 2.19. The van der Waals surface area contributed by atoms with Gasteiger partial charge in [-0.05, 0) is 26.3 Å². The van der Waals surface area contributed by atoms with E-state index in [0.717, 1.165) is 5.56 Å². The lowest BCUT2D eigenvalue weighted by atomic mass is 10.1. The molecule has 124 valence electrons. The summed E-state index contributed by atoms with van der Waals surface area (Å²) in [6.07, 6.45) is 2.52. The van der Waals surface area contributed by atoms with Crippen molar-refractivity contribution in [2.24, 2.45) is 0 Å². The third-order valence-electron chi connectivity index (χ3n) is 3.49. The molecule has 2 aromatic heterocycles. The van der Waals surface area contributed by atoms with Gasteiger partial charge in [-0.1, -0.05) is 30.3 Å². The number of imidazole rings is 1. The number of hydrogen-bond donors (Lipinski definition) is 1. The number of carbonyl (C=O) groups excluding carboxylic acids is 1. The van der Waals surface area contributed by atoms with Crippen LogP contribution >= 0.6 is 0 Å².